The lowest BCUT2D eigenvalue weighted by molar-refractivity contribution is 0.0677. The maximum absolute atomic E-state index is 5.67. The predicted octanol–water partition coefficient (Wildman–Crippen LogP) is 2.02. The Morgan fingerprint density at radius 2 is 2.00 bits per heavy atom. The van der Waals surface area contributed by atoms with Gasteiger partial charge in [-0.1, -0.05) is 19.3 Å². The Morgan fingerprint density at radius 3 is 2.82 bits per heavy atom. The highest BCUT2D eigenvalue weighted by atomic mass is 16.5. The molecule has 1 N–H and O–H groups in total. The molecule has 2 aliphatic rings. The van der Waals surface area contributed by atoms with Crippen molar-refractivity contribution in [2.75, 3.05) is 32.8 Å². The summed E-state index contributed by atoms with van der Waals surface area (Å²) in [5.74, 6) is 0. The Hall–Kier alpha value is -0.120. The van der Waals surface area contributed by atoms with E-state index >= 15 is 0 Å². The van der Waals surface area contributed by atoms with E-state index in [1.165, 1.54) is 51.6 Å². The molecular formula is C14H28N2O. The Labute approximate surface area is 106 Å². The van der Waals surface area contributed by atoms with E-state index in [1.54, 1.807) is 0 Å². The second-order valence-corrected chi connectivity index (χ2v) is 5.62. The van der Waals surface area contributed by atoms with Crippen molar-refractivity contribution in [3.05, 3.63) is 0 Å². The van der Waals surface area contributed by atoms with E-state index in [2.05, 4.69) is 17.1 Å². The predicted molar refractivity (Wildman–Crippen MR) is 71.3 cm³/mol. The van der Waals surface area contributed by atoms with E-state index in [0.717, 1.165) is 25.7 Å². The van der Waals surface area contributed by atoms with Crippen LogP contribution in [-0.4, -0.2) is 49.8 Å². The Bertz CT molecular complexity index is 204. The maximum Gasteiger partial charge on any atom is 0.0673 e. The van der Waals surface area contributed by atoms with Gasteiger partial charge < -0.3 is 10.1 Å². The third-order valence-corrected chi connectivity index (χ3v) is 4.00. The maximum atomic E-state index is 5.67. The van der Waals surface area contributed by atoms with Gasteiger partial charge in [0.1, 0.15) is 0 Å². The summed E-state index contributed by atoms with van der Waals surface area (Å²) in [5.41, 5.74) is 0. The smallest absolute Gasteiger partial charge is 0.0673 e. The molecule has 0 amide bonds. The van der Waals surface area contributed by atoms with Crippen LogP contribution in [0.4, 0.5) is 0 Å². The standard InChI is InChI=1S/C14H28N2O/c1-13-12-16(9-5-11-17-13)10-8-15-14-6-3-2-4-7-14/h13-15H,2-12H2,1H3. The summed E-state index contributed by atoms with van der Waals surface area (Å²) in [5, 5.41) is 3.72. The van der Waals surface area contributed by atoms with Gasteiger partial charge in [0.25, 0.3) is 0 Å². The highest BCUT2D eigenvalue weighted by Gasteiger charge is 2.16. The van der Waals surface area contributed by atoms with Crippen molar-refractivity contribution in [2.24, 2.45) is 0 Å². The molecule has 1 saturated heterocycles. The van der Waals surface area contributed by atoms with Crippen molar-refractivity contribution in [3.63, 3.8) is 0 Å². The summed E-state index contributed by atoms with van der Waals surface area (Å²) in [4.78, 5) is 2.55. The Balaban J connectivity index is 1.59. The second-order valence-electron chi connectivity index (χ2n) is 5.62. The lowest BCUT2D eigenvalue weighted by atomic mass is 9.95. The average Bonchev–Trinajstić information content (AvgIpc) is 2.55. The third kappa shape index (κ3) is 4.94. The molecule has 2 fully saturated rings. The summed E-state index contributed by atoms with van der Waals surface area (Å²) < 4.78 is 5.67. The minimum Gasteiger partial charge on any atom is -0.377 e. The van der Waals surface area contributed by atoms with Gasteiger partial charge in [0.2, 0.25) is 0 Å². The first kappa shape index (κ1) is 13.3. The fourth-order valence-corrected chi connectivity index (χ4v) is 3.02. The van der Waals surface area contributed by atoms with Crippen LogP contribution in [0.1, 0.15) is 45.4 Å². The molecule has 0 aromatic heterocycles. The molecule has 3 nitrogen and oxygen atoms in total. The molecule has 0 radical (unpaired) electrons. The van der Waals surface area contributed by atoms with Gasteiger partial charge in [-0.05, 0) is 26.2 Å². The minimum absolute atomic E-state index is 0.409. The summed E-state index contributed by atoms with van der Waals surface area (Å²) >= 11 is 0. The summed E-state index contributed by atoms with van der Waals surface area (Å²) in [7, 11) is 0. The van der Waals surface area contributed by atoms with Crippen LogP contribution in [0.5, 0.6) is 0 Å². The van der Waals surface area contributed by atoms with Crippen LogP contribution in [-0.2, 0) is 4.74 Å². The molecule has 17 heavy (non-hydrogen) atoms. The number of nitrogens with zero attached hydrogens (tertiary/aromatic N) is 1. The van der Waals surface area contributed by atoms with Crippen molar-refractivity contribution in [3.8, 4) is 0 Å². The molecule has 1 unspecified atom stereocenters. The molecule has 0 aromatic rings. The van der Waals surface area contributed by atoms with Gasteiger partial charge in [-0.25, -0.2) is 0 Å². The molecule has 2 rings (SSSR count). The van der Waals surface area contributed by atoms with Gasteiger partial charge in [0, 0.05) is 38.8 Å². The van der Waals surface area contributed by atoms with Gasteiger partial charge >= 0.3 is 0 Å². The molecular weight excluding hydrogens is 212 g/mol. The quantitative estimate of drug-likeness (QED) is 0.813. The molecule has 1 saturated carbocycles. The second kappa shape index (κ2) is 7.34. The largest absolute Gasteiger partial charge is 0.377 e. The summed E-state index contributed by atoms with van der Waals surface area (Å²) in [6.07, 6.45) is 8.66. The topological polar surface area (TPSA) is 24.5 Å². The van der Waals surface area contributed by atoms with Crippen molar-refractivity contribution >= 4 is 0 Å². The van der Waals surface area contributed by atoms with Crippen LogP contribution in [0.25, 0.3) is 0 Å². The Morgan fingerprint density at radius 1 is 1.18 bits per heavy atom. The number of nitrogens with one attached hydrogen (secondary N) is 1. The van der Waals surface area contributed by atoms with E-state index in [-0.39, 0.29) is 0 Å². The van der Waals surface area contributed by atoms with Crippen LogP contribution < -0.4 is 5.32 Å². The normalized spacial score (nSPS) is 29.1. The van der Waals surface area contributed by atoms with Crippen molar-refractivity contribution < 1.29 is 4.74 Å². The molecule has 0 bridgehead atoms. The zero-order valence-corrected chi connectivity index (χ0v) is 11.3. The molecule has 0 aromatic carbocycles. The monoisotopic (exact) mass is 240 g/mol. The molecule has 1 aliphatic heterocycles. The first-order valence-electron chi connectivity index (χ1n) is 7.42. The minimum atomic E-state index is 0.409. The van der Waals surface area contributed by atoms with E-state index in [1.807, 2.05) is 0 Å². The molecule has 3 heteroatoms. The van der Waals surface area contributed by atoms with E-state index in [9.17, 15) is 0 Å². The molecule has 0 spiro atoms. The lowest BCUT2D eigenvalue weighted by Gasteiger charge is -2.26. The third-order valence-electron chi connectivity index (χ3n) is 4.00. The van der Waals surface area contributed by atoms with Gasteiger partial charge in [0.15, 0.2) is 0 Å². The van der Waals surface area contributed by atoms with Crippen LogP contribution in [0.15, 0.2) is 0 Å². The highest BCUT2D eigenvalue weighted by Crippen LogP contribution is 2.17. The van der Waals surface area contributed by atoms with Crippen molar-refractivity contribution in [2.45, 2.75) is 57.6 Å². The van der Waals surface area contributed by atoms with Crippen molar-refractivity contribution in [1.29, 1.82) is 0 Å². The highest BCUT2D eigenvalue weighted by molar-refractivity contribution is 4.73. The number of rotatable bonds is 4. The first-order chi connectivity index (χ1) is 8.34. The first-order valence-corrected chi connectivity index (χ1v) is 7.42. The SMILES string of the molecule is CC1CN(CCNC2CCCCC2)CCCO1. The molecule has 100 valence electrons. The number of hydrogen-bond acceptors (Lipinski definition) is 3. The van der Waals surface area contributed by atoms with Crippen LogP contribution >= 0.6 is 0 Å². The molecule has 1 atom stereocenters. The fraction of sp³-hybridized carbons (Fsp3) is 1.00. The molecule has 1 aliphatic carbocycles. The van der Waals surface area contributed by atoms with E-state index in [0.29, 0.717) is 6.10 Å². The average molecular weight is 240 g/mol. The van der Waals surface area contributed by atoms with E-state index in [4.69, 9.17) is 4.74 Å². The van der Waals surface area contributed by atoms with Gasteiger partial charge in [0.05, 0.1) is 6.10 Å². The van der Waals surface area contributed by atoms with Crippen LogP contribution in [0.2, 0.25) is 0 Å². The lowest BCUT2D eigenvalue weighted by Crippen LogP contribution is -2.40. The van der Waals surface area contributed by atoms with Crippen molar-refractivity contribution in [1.82, 2.24) is 10.2 Å². The summed E-state index contributed by atoms with van der Waals surface area (Å²) in [6, 6.07) is 0.796. The fourth-order valence-electron chi connectivity index (χ4n) is 3.02. The van der Waals surface area contributed by atoms with Gasteiger partial charge in [-0.2, -0.15) is 0 Å². The zero-order chi connectivity index (χ0) is 11.9. The van der Waals surface area contributed by atoms with Gasteiger partial charge in [-0.3, -0.25) is 4.90 Å². The van der Waals surface area contributed by atoms with Crippen LogP contribution in [0, 0.1) is 0 Å². The molecule has 1 heterocycles. The summed E-state index contributed by atoms with van der Waals surface area (Å²) in [6.45, 7) is 7.77. The zero-order valence-electron chi connectivity index (χ0n) is 11.3. The number of hydrogen-bond donors (Lipinski definition) is 1. The number of ether oxygens (including phenoxy) is 1. The van der Waals surface area contributed by atoms with E-state index < -0.39 is 0 Å². The van der Waals surface area contributed by atoms with Crippen LogP contribution in [0.3, 0.4) is 0 Å². The Kier molecular flexibility index (Phi) is 5.75. The van der Waals surface area contributed by atoms with Gasteiger partial charge in [-0.15, -0.1) is 0 Å².